The van der Waals surface area contributed by atoms with Crippen LogP contribution < -0.4 is 0 Å². The number of hydrogen-bond acceptors (Lipinski definition) is 4. The summed E-state index contributed by atoms with van der Waals surface area (Å²) in [4.78, 5) is 23.3. The molecule has 1 aliphatic rings. The number of carbonyl (C=O) groups excluding carboxylic acids is 2. The van der Waals surface area contributed by atoms with Crippen LogP contribution in [-0.4, -0.2) is 25.2 Å². The second-order valence-corrected chi connectivity index (χ2v) is 4.16. The normalized spacial score (nSPS) is 22.7. The third-order valence-electron chi connectivity index (χ3n) is 2.30. The summed E-state index contributed by atoms with van der Waals surface area (Å²) in [7, 11) is 0. The Morgan fingerprint density at radius 2 is 1.82 bits per heavy atom. The van der Waals surface area contributed by atoms with E-state index >= 15 is 0 Å². The maximum atomic E-state index is 11.7. The first kappa shape index (κ1) is 13.3. The van der Waals surface area contributed by atoms with Crippen LogP contribution in [0.5, 0.6) is 0 Å². The first-order valence-electron chi connectivity index (χ1n) is 5.53. The second kappa shape index (κ2) is 6.09. The maximum Gasteiger partial charge on any atom is 0.322 e. The highest BCUT2D eigenvalue weighted by Crippen LogP contribution is 2.19. The summed E-state index contributed by atoms with van der Waals surface area (Å²) in [6.45, 7) is 3.43. The zero-order chi connectivity index (χ0) is 12.7. The van der Waals surface area contributed by atoms with E-state index in [0.717, 1.165) is 0 Å². The van der Waals surface area contributed by atoms with Crippen LogP contribution in [0.2, 0.25) is 0 Å². The van der Waals surface area contributed by atoms with Gasteiger partial charge in [-0.1, -0.05) is 17.9 Å². The molecule has 0 fully saturated rings. The van der Waals surface area contributed by atoms with Gasteiger partial charge < -0.3 is 9.47 Å². The summed E-state index contributed by atoms with van der Waals surface area (Å²) in [5, 5.41) is 0. The van der Waals surface area contributed by atoms with E-state index in [-0.39, 0.29) is 13.2 Å². The van der Waals surface area contributed by atoms with Crippen molar-refractivity contribution in [1.29, 1.82) is 0 Å². The van der Waals surface area contributed by atoms with E-state index in [0.29, 0.717) is 12.8 Å². The molecule has 17 heavy (non-hydrogen) atoms. The molecule has 4 heteroatoms. The van der Waals surface area contributed by atoms with Gasteiger partial charge in [0, 0.05) is 12.8 Å². The number of esters is 2. The molecule has 4 nitrogen and oxygen atoms in total. The summed E-state index contributed by atoms with van der Waals surface area (Å²) >= 11 is 0. The lowest BCUT2D eigenvalue weighted by atomic mass is 9.94. The largest absolute Gasteiger partial charge is 0.465 e. The predicted molar refractivity (Wildman–Crippen MR) is 61.8 cm³/mol. The van der Waals surface area contributed by atoms with Gasteiger partial charge in [-0.25, -0.2) is 0 Å². The van der Waals surface area contributed by atoms with Gasteiger partial charge in [0.15, 0.2) is 5.41 Å². The summed E-state index contributed by atoms with van der Waals surface area (Å²) < 4.78 is 9.98. The van der Waals surface area contributed by atoms with Crippen LogP contribution in [0, 0.1) is 17.3 Å². The van der Waals surface area contributed by atoms with Crippen molar-refractivity contribution in [3.05, 3.63) is 12.2 Å². The van der Waals surface area contributed by atoms with Gasteiger partial charge in [-0.3, -0.25) is 9.59 Å². The van der Waals surface area contributed by atoms with E-state index < -0.39 is 17.4 Å². The van der Waals surface area contributed by atoms with Gasteiger partial charge in [0.25, 0.3) is 0 Å². The minimum atomic E-state index is -1.26. The summed E-state index contributed by atoms with van der Waals surface area (Å²) in [5.41, 5.74) is -1.26. The van der Waals surface area contributed by atoms with E-state index in [1.807, 2.05) is 6.08 Å². The molecule has 0 amide bonds. The molecule has 1 aliphatic heterocycles. The number of hydrogen-bond donors (Lipinski definition) is 0. The number of cyclic esters (lactones) is 2. The highest BCUT2D eigenvalue weighted by Gasteiger charge is 2.39. The molecule has 0 unspecified atom stereocenters. The van der Waals surface area contributed by atoms with Crippen molar-refractivity contribution in [1.82, 2.24) is 0 Å². The molecule has 0 aromatic heterocycles. The molecule has 0 spiro atoms. The average molecular weight is 236 g/mol. The van der Waals surface area contributed by atoms with Gasteiger partial charge in [-0.05, 0) is 19.9 Å². The molecule has 0 aromatic rings. The van der Waals surface area contributed by atoms with Crippen molar-refractivity contribution in [2.75, 3.05) is 13.2 Å². The maximum absolute atomic E-state index is 11.7. The molecular formula is C13H16O4. The fourth-order valence-electron chi connectivity index (χ4n) is 1.13. The number of ether oxygens (including phenoxy) is 2. The minimum absolute atomic E-state index is 0.191. The molecule has 0 saturated carbocycles. The Kier molecular flexibility index (Phi) is 4.77. The zero-order valence-electron chi connectivity index (χ0n) is 10.1. The Morgan fingerprint density at radius 1 is 1.18 bits per heavy atom. The van der Waals surface area contributed by atoms with Crippen LogP contribution in [-0.2, 0) is 19.1 Å². The summed E-state index contributed by atoms with van der Waals surface area (Å²) in [5.74, 6) is 4.52. The number of carbonyl (C=O) groups is 2. The van der Waals surface area contributed by atoms with E-state index in [9.17, 15) is 9.59 Å². The lowest BCUT2D eigenvalue weighted by Gasteiger charge is -2.20. The molecule has 0 N–H and O–H groups in total. The van der Waals surface area contributed by atoms with Gasteiger partial charge >= 0.3 is 11.9 Å². The lowest BCUT2D eigenvalue weighted by molar-refractivity contribution is -0.169. The average Bonchev–Trinajstić information content (AvgIpc) is 2.30. The number of rotatable bonds is 0. The van der Waals surface area contributed by atoms with Crippen LogP contribution >= 0.6 is 0 Å². The van der Waals surface area contributed by atoms with Crippen LogP contribution in [0.3, 0.4) is 0 Å². The molecule has 0 saturated heterocycles. The smallest absolute Gasteiger partial charge is 0.322 e. The first-order chi connectivity index (χ1) is 8.05. The van der Waals surface area contributed by atoms with Gasteiger partial charge in [0.05, 0.1) is 6.61 Å². The third-order valence-corrected chi connectivity index (χ3v) is 2.30. The minimum Gasteiger partial charge on any atom is -0.465 e. The van der Waals surface area contributed by atoms with Crippen molar-refractivity contribution in [3.8, 4) is 11.8 Å². The monoisotopic (exact) mass is 236 g/mol. The Labute approximate surface area is 101 Å². The van der Waals surface area contributed by atoms with E-state index in [2.05, 4.69) is 11.8 Å². The zero-order valence-corrected chi connectivity index (χ0v) is 10.1. The van der Waals surface area contributed by atoms with Crippen molar-refractivity contribution in [2.24, 2.45) is 5.41 Å². The van der Waals surface area contributed by atoms with E-state index in [4.69, 9.17) is 9.47 Å². The van der Waals surface area contributed by atoms with Crippen LogP contribution in [0.25, 0.3) is 0 Å². The Morgan fingerprint density at radius 3 is 2.53 bits per heavy atom. The number of allylic oxidation sites excluding steroid dienone is 1. The molecule has 92 valence electrons. The predicted octanol–water partition coefficient (Wildman–Crippen LogP) is 1.45. The fraction of sp³-hybridized carbons (Fsp3) is 0.538. The summed E-state index contributed by atoms with van der Waals surface area (Å²) in [6.07, 6.45) is 4.58. The van der Waals surface area contributed by atoms with Crippen molar-refractivity contribution in [2.45, 2.75) is 26.7 Å². The molecule has 1 heterocycles. The Bertz CT molecular complexity index is 382. The molecular weight excluding hydrogens is 220 g/mol. The van der Waals surface area contributed by atoms with Crippen LogP contribution in [0.4, 0.5) is 0 Å². The lowest BCUT2D eigenvalue weighted by Crippen LogP contribution is -2.36. The molecule has 0 atom stereocenters. The van der Waals surface area contributed by atoms with Gasteiger partial charge in [0.1, 0.15) is 6.61 Å². The van der Waals surface area contributed by atoms with E-state index in [1.165, 1.54) is 13.8 Å². The van der Waals surface area contributed by atoms with Crippen molar-refractivity contribution in [3.63, 3.8) is 0 Å². The van der Waals surface area contributed by atoms with Crippen LogP contribution in [0.15, 0.2) is 12.2 Å². The van der Waals surface area contributed by atoms with Gasteiger partial charge in [0.2, 0.25) is 0 Å². The molecule has 0 aromatic carbocycles. The standard InChI is InChI=1S/C13H16O4/c1-13(2)11(14)16-9-7-5-3-4-6-8-10-17-12(13)15/h3,5H,7-10H2,1-2H3/b5-3-. The Balaban J connectivity index is 2.73. The SMILES string of the molecule is CC1(C)C(=O)OCCC#C/C=C\CCOC1=O. The van der Waals surface area contributed by atoms with Crippen molar-refractivity contribution < 1.29 is 19.1 Å². The first-order valence-corrected chi connectivity index (χ1v) is 5.53. The Hall–Kier alpha value is -1.76. The highest BCUT2D eigenvalue weighted by molar-refractivity contribution is 5.99. The third kappa shape index (κ3) is 3.95. The fourth-order valence-corrected chi connectivity index (χ4v) is 1.13. The molecule has 0 radical (unpaired) electrons. The molecule has 0 bridgehead atoms. The van der Waals surface area contributed by atoms with E-state index in [1.54, 1.807) is 6.08 Å². The molecule has 0 aliphatic carbocycles. The molecule has 1 rings (SSSR count). The van der Waals surface area contributed by atoms with Gasteiger partial charge in [-0.2, -0.15) is 0 Å². The van der Waals surface area contributed by atoms with Crippen molar-refractivity contribution >= 4 is 11.9 Å². The highest BCUT2D eigenvalue weighted by atomic mass is 16.6. The second-order valence-electron chi connectivity index (χ2n) is 4.16. The topological polar surface area (TPSA) is 52.6 Å². The summed E-state index contributed by atoms with van der Waals surface area (Å²) in [6, 6.07) is 0. The quantitative estimate of drug-likeness (QED) is 0.363. The van der Waals surface area contributed by atoms with Gasteiger partial charge in [-0.15, -0.1) is 0 Å². The van der Waals surface area contributed by atoms with Crippen LogP contribution in [0.1, 0.15) is 26.7 Å².